The number of methoxy groups -OCH3 is 3. The quantitative estimate of drug-likeness (QED) is 0.173. The highest BCUT2D eigenvalue weighted by atomic mass is 16.5. The Labute approximate surface area is 312 Å². The van der Waals surface area contributed by atoms with Crippen LogP contribution in [-0.4, -0.2) is 73.4 Å². The largest absolute Gasteiger partial charge is 0.497 e. The van der Waals surface area contributed by atoms with Gasteiger partial charge in [-0.05, 0) is 59.7 Å². The number of hydrogen-bond donors (Lipinski definition) is 0. The van der Waals surface area contributed by atoms with Crippen LogP contribution in [0.25, 0.3) is 12.2 Å². The number of hydrogen-bond acceptors (Lipinski definition) is 9. The van der Waals surface area contributed by atoms with E-state index in [0.29, 0.717) is 22.9 Å². The fraction of sp³-hybridized carbons (Fsp3) is 0.233. The van der Waals surface area contributed by atoms with Crippen molar-refractivity contribution in [1.29, 1.82) is 0 Å². The van der Waals surface area contributed by atoms with Crippen molar-refractivity contribution < 1.29 is 38.2 Å². The summed E-state index contributed by atoms with van der Waals surface area (Å²) in [6.45, 7) is 0. The van der Waals surface area contributed by atoms with E-state index in [1.807, 2.05) is 36.4 Å². The van der Waals surface area contributed by atoms with Crippen LogP contribution >= 0.6 is 0 Å². The van der Waals surface area contributed by atoms with Gasteiger partial charge in [0.25, 0.3) is 0 Å². The lowest BCUT2D eigenvalue weighted by Crippen LogP contribution is -2.62. The molecule has 4 saturated heterocycles. The van der Waals surface area contributed by atoms with Crippen LogP contribution in [0.5, 0.6) is 11.5 Å². The lowest BCUT2D eigenvalue weighted by atomic mass is 9.70. The van der Waals surface area contributed by atoms with Gasteiger partial charge < -0.3 is 14.2 Å². The van der Waals surface area contributed by atoms with Gasteiger partial charge in [-0.1, -0.05) is 85.0 Å². The number of nitrogens with zero attached hydrogens (tertiary/aromatic N) is 3. The molecule has 4 heterocycles. The topological polar surface area (TPSA) is 123 Å². The zero-order chi connectivity index (χ0) is 37.7. The van der Waals surface area contributed by atoms with E-state index in [4.69, 9.17) is 14.2 Å². The molecule has 4 fully saturated rings. The number of imide groups is 2. The minimum atomic E-state index is -2.03. The summed E-state index contributed by atoms with van der Waals surface area (Å²) in [5.41, 5.74) is 0.201. The first kappa shape index (κ1) is 34.7. The van der Waals surface area contributed by atoms with Crippen molar-refractivity contribution >= 4 is 53.1 Å². The molecule has 0 saturated carbocycles. The fourth-order valence-corrected chi connectivity index (χ4v) is 9.01. The summed E-state index contributed by atoms with van der Waals surface area (Å²) < 4.78 is 16.2. The van der Waals surface area contributed by atoms with Crippen molar-refractivity contribution in [2.45, 2.75) is 17.6 Å². The SMILES string of the molecule is COC(=O)C12[C@H]3C(=O)N(c4ccccc4)C(=O)[C@H]3[C@@H](/C=C/c3ccc(OC)cc3)N1[C@H](/C=C/c1ccc(OC)cc1)[C@@H]1C(=O)N(c3ccccc3)C(=O)[C@@H]12. The summed E-state index contributed by atoms with van der Waals surface area (Å²) >= 11 is 0. The number of amides is 4. The molecule has 11 heteroatoms. The van der Waals surface area contributed by atoms with Crippen LogP contribution in [0, 0.1) is 23.7 Å². The van der Waals surface area contributed by atoms with Crippen LogP contribution in [-0.2, 0) is 28.7 Å². The number of para-hydroxylation sites is 2. The van der Waals surface area contributed by atoms with Gasteiger partial charge in [0.1, 0.15) is 17.0 Å². The minimum Gasteiger partial charge on any atom is -0.497 e. The molecule has 0 aliphatic carbocycles. The first-order valence-electron chi connectivity index (χ1n) is 17.6. The molecule has 0 unspecified atom stereocenters. The Morgan fingerprint density at radius 1 is 0.556 bits per heavy atom. The van der Waals surface area contributed by atoms with Gasteiger partial charge in [-0.15, -0.1) is 0 Å². The molecular formula is C43H37N3O8. The van der Waals surface area contributed by atoms with E-state index in [2.05, 4.69) is 0 Å². The van der Waals surface area contributed by atoms with E-state index in [1.165, 1.54) is 7.11 Å². The molecule has 0 radical (unpaired) electrons. The second kappa shape index (κ2) is 13.6. The molecule has 54 heavy (non-hydrogen) atoms. The highest BCUT2D eigenvalue weighted by molar-refractivity contribution is 6.28. The van der Waals surface area contributed by atoms with E-state index in [9.17, 15) is 24.0 Å². The summed E-state index contributed by atoms with van der Waals surface area (Å²) in [5.74, 6) is -6.75. The maximum Gasteiger partial charge on any atom is 0.328 e. The van der Waals surface area contributed by atoms with Gasteiger partial charge in [0, 0.05) is 12.1 Å². The third-order valence-corrected chi connectivity index (χ3v) is 11.2. The zero-order valence-corrected chi connectivity index (χ0v) is 29.8. The lowest BCUT2D eigenvalue weighted by molar-refractivity contribution is -0.162. The second-order valence-electron chi connectivity index (χ2n) is 13.7. The molecule has 0 aromatic heterocycles. The van der Waals surface area contributed by atoms with Crippen molar-refractivity contribution in [2.75, 3.05) is 31.1 Å². The Balaban J connectivity index is 1.35. The second-order valence-corrected chi connectivity index (χ2v) is 13.7. The van der Waals surface area contributed by atoms with E-state index < -0.39 is 70.9 Å². The number of carbonyl (C=O) groups excluding carboxylic acids is 5. The number of esters is 1. The Kier molecular flexibility index (Phi) is 8.74. The van der Waals surface area contributed by atoms with E-state index in [-0.39, 0.29) is 0 Å². The molecule has 4 aromatic rings. The molecule has 4 aromatic carbocycles. The Hall–Kier alpha value is -6.33. The third kappa shape index (κ3) is 5.10. The molecule has 6 atom stereocenters. The van der Waals surface area contributed by atoms with Crippen molar-refractivity contribution in [3.05, 3.63) is 132 Å². The average molecular weight is 724 g/mol. The van der Waals surface area contributed by atoms with Gasteiger partial charge in [-0.25, -0.2) is 14.6 Å². The van der Waals surface area contributed by atoms with Gasteiger partial charge in [0.05, 0.1) is 56.4 Å². The summed E-state index contributed by atoms with van der Waals surface area (Å²) in [7, 11) is 4.34. The molecular weight excluding hydrogens is 686 g/mol. The molecule has 0 spiro atoms. The van der Waals surface area contributed by atoms with Crippen LogP contribution < -0.4 is 19.3 Å². The summed E-state index contributed by atoms with van der Waals surface area (Å²) in [4.78, 5) is 78.1. The van der Waals surface area contributed by atoms with Gasteiger partial charge in [0.15, 0.2) is 0 Å². The third-order valence-electron chi connectivity index (χ3n) is 11.2. The van der Waals surface area contributed by atoms with E-state index >= 15 is 0 Å². The van der Waals surface area contributed by atoms with Crippen LogP contribution in [0.4, 0.5) is 11.4 Å². The summed E-state index contributed by atoms with van der Waals surface area (Å²) in [6.07, 6.45) is 7.22. The molecule has 4 aliphatic rings. The van der Waals surface area contributed by atoms with Crippen LogP contribution in [0.1, 0.15) is 11.1 Å². The molecule has 4 aliphatic heterocycles. The maximum atomic E-state index is 14.9. The minimum absolute atomic E-state index is 0.344. The monoisotopic (exact) mass is 723 g/mol. The van der Waals surface area contributed by atoms with Crippen molar-refractivity contribution in [3.8, 4) is 11.5 Å². The first-order chi connectivity index (χ1) is 26.3. The zero-order valence-electron chi connectivity index (χ0n) is 29.8. The lowest BCUT2D eigenvalue weighted by Gasteiger charge is -2.40. The highest BCUT2D eigenvalue weighted by Crippen LogP contribution is 2.63. The van der Waals surface area contributed by atoms with Crippen molar-refractivity contribution in [2.24, 2.45) is 23.7 Å². The normalized spacial score (nSPS) is 25.8. The van der Waals surface area contributed by atoms with Crippen LogP contribution in [0.3, 0.4) is 0 Å². The van der Waals surface area contributed by atoms with E-state index in [1.54, 1.807) is 116 Å². The predicted molar refractivity (Wildman–Crippen MR) is 200 cm³/mol. The smallest absolute Gasteiger partial charge is 0.328 e. The predicted octanol–water partition coefficient (Wildman–Crippen LogP) is 5.02. The standard InChI is InChI=1S/C43H37N3O8/c1-52-30-20-14-26(15-21-30)18-24-32-34-36(40(49)44(38(34)47)28-10-6-4-7-11-28)43(42(51)54-3)37-35(39(48)45(41(37)50)29-12-8-5-9-13-29)33(46(32)43)25-19-27-16-22-31(53-2)23-17-27/h4-25,32-37H,1-3H3/b24-18+,25-19+/t32-,33-,34+,35+,36-,37-/m1/s1. The van der Waals surface area contributed by atoms with Crippen molar-refractivity contribution in [3.63, 3.8) is 0 Å². The molecule has 0 bridgehead atoms. The number of anilines is 2. The molecule has 0 N–H and O–H groups in total. The fourth-order valence-electron chi connectivity index (χ4n) is 9.01. The maximum absolute atomic E-state index is 14.9. The first-order valence-corrected chi connectivity index (χ1v) is 17.6. The summed E-state index contributed by atoms with van der Waals surface area (Å²) in [5, 5.41) is 0. The number of fused-ring (bicyclic) bond motifs is 5. The van der Waals surface area contributed by atoms with Gasteiger partial charge in [-0.3, -0.25) is 24.1 Å². The highest BCUT2D eigenvalue weighted by Gasteiger charge is 2.83. The molecule has 4 amide bonds. The number of benzene rings is 4. The van der Waals surface area contributed by atoms with Gasteiger partial charge >= 0.3 is 5.97 Å². The van der Waals surface area contributed by atoms with E-state index in [0.717, 1.165) is 20.9 Å². The van der Waals surface area contributed by atoms with Gasteiger partial charge in [0.2, 0.25) is 23.6 Å². The Bertz CT molecular complexity index is 2040. The Morgan fingerprint density at radius 3 is 1.30 bits per heavy atom. The molecule has 8 rings (SSSR count). The Morgan fingerprint density at radius 2 is 0.944 bits per heavy atom. The number of carbonyl (C=O) groups is 5. The van der Waals surface area contributed by atoms with Crippen molar-refractivity contribution in [1.82, 2.24) is 4.90 Å². The number of ether oxygens (including phenoxy) is 3. The van der Waals surface area contributed by atoms with Crippen LogP contribution in [0.2, 0.25) is 0 Å². The molecule has 11 nitrogen and oxygen atoms in total. The number of rotatable bonds is 9. The van der Waals surface area contributed by atoms with Crippen LogP contribution in [0.15, 0.2) is 121 Å². The molecule has 272 valence electrons. The average Bonchev–Trinajstić information content (AvgIpc) is 3.86. The summed E-state index contributed by atoms with van der Waals surface area (Å²) in [6, 6.07) is 29.8. The van der Waals surface area contributed by atoms with Gasteiger partial charge in [-0.2, -0.15) is 0 Å².